The van der Waals surface area contributed by atoms with Crippen LogP contribution in [0.3, 0.4) is 0 Å². The van der Waals surface area contributed by atoms with Crippen molar-refractivity contribution in [1.82, 2.24) is 15.2 Å². The molecule has 4 N–H and O–H groups in total. The first-order valence-corrected chi connectivity index (χ1v) is 11.1. The molecule has 176 valence electrons. The highest BCUT2D eigenvalue weighted by Gasteiger charge is 2.42. The first kappa shape index (κ1) is 24.2. The lowest BCUT2D eigenvalue weighted by molar-refractivity contribution is -0.135. The standard InChI is InChI=1S/C23H34N4O5/c1-12(2)18(24)22(30)26-21(29)16-7-6-10-27(16)19(13(3)4)20(28)23-25-15-11-14(31-5)8-9-17(15)32-23/h8-9,11-13,16,18-20,28H,6-7,10,24H2,1-5H3,(H,26,29,30)/t16-,18-,19-,20?/m0/s1. The summed E-state index contributed by atoms with van der Waals surface area (Å²) in [5.74, 6) is -0.110. The van der Waals surface area contributed by atoms with E-state index in [-0.39, 0.29) is 23.6 Å². The van der Waals surface area contributed by atoms with Crippen LogP contribution in [0.15, 0.2) is 22.6 Å². The van der Waals surface area contributed by atoms with Gasteiger partial charge in [-0.3, -0.25) is 19.8 Å². The number of imide groups is 1. The molecule has 9 heteroatoms. The number of aromatic nitrogens is 1. The third-order valence-electron chi connectivity index (χ3n) is 6.12. The van der Waals surface area contributed by atoms with Crippen LogP contribution in [0.5, 0.6) is 5.75 Å². The Bertz CT molecular complexity index is 957. The molecule has 1 aromatic heterocycles. The summed E-state index contributed by atoms with van der Waals surface area (Å²) in [5.41, 5.74) is 7.02. The first-order chi connectivity index (χ1) is 15.1. The van der Waals surface area contributed by atoms with Crippen LogP contribution in [0.4, 0.5) is 0 Å². The number of carbonyl (C=O) groups is 2. The normalized spacial score (nSPS) is 20.0. The lowest BCUT2D eigenvalue weighted by atomic mass is 9.95. The molecule has 32 heavy (non-hydrogen) atoms. The monoisotopic (exact) mass is 446 g/mol. The summed E-state index contributed by atoms with van der Waals surface area (Å²) in [6, 6.07) is 3.55. The van der Waals surface area contributed by atoms with E-state index in [4.69, 9.17) is 14.9 Å². The van der Waals surface area contributed by atoms with Gasteiger partial charge in [-0.2, -0.15) is 0 Å². The van der Waals surface area contributed by atoms with Crippen molar-refractivity contribution in [3.05, 3.63) is 24.1 Å². The molecular formula is C23H34N4O5. The van der Waals surface area contributed by atoms with Crippen molar-refractivity contribution in [2.45, 2.75) is 64.8 Å². The fraction of sp³-hybridized carbons (Fsp3) is 0.609. The molecule has 1 aromatic carbocycles. The Balaban J connectivity index is 1.82. The summed E-state index contributed by atoms with van der Waals surface area (Å²) in [7, 11) is 1.57. The SMILES string of the molecule is COc1ccc2oc(C(O)[C@H](C(C)C)N3CCC[C@H]3C(=O)NC(=O)[C@@H](N)C(C)C)nc2c1. The second-order valence-corrected chi connectivity index (χ2v) is 9.08. The van der Waals surface area contributed by atoms with Gasteiger partial charge in [0.15, 0.2) is 5.58 Å². The smallest absolute Gasteiger partial charge is 0.243 e. The van der Waals surface area contributed by atoms with E-state index in [0.717, 1.165) is 6.42 Å². The molecule has 2 aromatic rings. The molecule has 0 bridgehead atoms. The van der Waals surface area contributed by atoms with E-state index in [1.165, 1.54) is 0 Å². The number of carbonyl (C=O) groups excluding carboxylic acids is 2. The van der Waals surface area contributed by atoms with Crippen molar-refractivity contribution in [2.24, 2.45) is 17.6 Å². The number of oxazole rings is 1. The molecule has 1 fully saturated rings. The lowest BCUT2D eigenvalue weighted by Gasteiger charge is -2.37. The Labute approximate surface area is 188 Å². The predicted molar refractivity (Wildman–Crippen MR) is 120 cm³/mol. The van der Waals surface area contributed by atoms with Crippen LogP contribution in [-0.2, 0) is 9.59 Å². The van der Waals surface area contributed by atoms with Crippen molar-refractivity contribution in [3.63, 3.8) is 0 Å². The maximum Gasteiger partial charge on any atom is 0.243 e. The van der Waals surface area contributed by atoms with Gasteiger partial charge in [-0.15, -0.1) is 0 Å². The molecule has 1 aliphatic rings. The number of hydrogen-bond donors (Lipinski definition) is 3. The minimum Gasteiger partial charge on any atom is -0.497 e. The van der Waals surface area contributed by atoms with Crippen LogP contribution in [0.25, 0.3) is 11.1 Å². The zero-order valence-electron chi connectivity index (χ0n) is 19.4. The summed E-state index contributed by atoms with van der Waals surface area (Å²) in [6.45, 7) is 8.24. The Morgan fingerprint density at radius 3 is 2.62 bits per heavy atom. The van der Waals surface area contributed by atoms with Gasteiger partial charge >= 0.3 is 0 Å². The number of nitrogens with two attached hydrogens (primary N) is 1. The number of aliphatic hydroxyl groups excluding tert-OH is 1. The van der Waals surface area contributed by atoms with Crippen molar-refractivity contribution >= 4 is 22.9 Å². The van der Waals surface area contributed by atoms with Gasteiger partial charge in [-0.1, -0.05) is 27.7 Å². The number of methoxy groups -OCH3 is 1. The molecule has 0 aliphatic carbocycles. The average molecular weight is 447 g/mol. The molecule has 2 amide bonds. The number of likely N-dealkylation sites (tertiary alicyclic amines) is 1. The van der Waals surface area contributed by atoms with E-state index in [1.54, 1.807) is 25.3 Å². The Hall–Kier alpha value is -2.49. The highest BCUT2D eigenvalue weighted by atomic mass is 16.5. The van der Waals surface area contributed by atoms with Crippen LogP contribution in [0.2, 0.25) is 0 Å². The third kappa shape index (κ3) is 4.95. The number of aliphatic hydroxyl groups is 1. The van der Waals surface area contributed by atoms with Crippen molar-refractivity contribution in [3.8, 4) is 5.75 Å². The van der Waals surface area contributed by atoms with E-state index in [2.05, 4.69) is 10.3 Å². The van der Waals surface area contributed by atoms with E-state index in [1.807, 2.05) is 32.6 Å². The predicted octanol–water partition coefficient (Wildman–Crippen LogP) is 1.98. The Kier molecular flexibility index (Phi) is 7.53. The molecule has 0 radical (unpaired) electrons. The van der Waals surface area contributed by atoms with Gasteiger partial charge in [0.05, 0.1) is 19.2 Å². The number of amides is 2. The summed E-state index contributed by atoms with van der Waals surface area (Å²) in [4.78, 5) is 31.7. The van der Waals surface area contributed by atoms with Crippen molar-refractivity contribution < 1.29 is 23.8 Å². The number of benzene rings is 1. The summed E-state index contributed by atoms with van der Waals surface area (Å²) in [6.07, 6.45) is 0.329. The van der Waals surface area contributed by atoms with E-state index >= 15 is 0 Å². The number of nitrogens with one attached hydrogen (secondary N) is 1. The largest absolute Gasteiger partial charge is 0.497 e. The quantitative estimate of drug-likeness (QED) is 0.561. The Morgan fingerprint density at radius 1 is 1.28 bits per heavy atom. The minimum atomic E-state index is -1.05. The summed E-state index contributed by atoms with van der Waals surface area (Å²) in [5, 5.41) is 13.7. The zero-order chi connectivity index (χ0) is 23.6. The number of fused-ring (bicyclic) bond motifs is 1. The maximum atomic E-state index is 12.9. The molecule has 4 atom stereocenters. The third-order valence-corrected chi connectivity index (χ3v) is 6.12. The number of ether oxygens (including phenoxy) is 1. The van der Waals surface area contributed by atoms with Gasteiger partial charge in [-0.05, 0) is 43.4 Å². The number of rotatable bonds is 8. The van der Waals surface area contributed by atoms with Crippen LogP contribution in [-0.4, -0.2) is 58.6 Å². The van der Waals surface area contributed by atoms with Crippen LogP contribution in [0.1, 0.15) is 52.5 Å². The molecule has 0 saturated carbocycles. The van der Waals surface area contributed by atoms with Gasteiger partial charge in [0, 0.05) is 12.1 Å². The fourth-order valence-corrected chi connectivity index (χ4v) is 4.27. The topological polar surface area (TPSA) is 131 Å². The van der Waals surface area contributed by atoms with E-state index in [0.29, 0.717) is 29.8 Å². The molecule has 2 heterocycles. The molecule has 1 aliphatic heterocycles. The highest BCUT2D eigenvalue weighted by molar-refractivity contribution is 6.00. The highest BCUT2D eigenvalue weighted by Crippen LogP contribution is 2.34. The van der Waals surface area contributed by atoms with Crippen LogP contribution in [0, 0.1) is 11.8 Å². The average Bonchev–Trinajstić information content (AvgIpc) is 3.39. The van der Waals surface area contributed by atoms with Gasteiger partial charge in [0.1, 0.15) is 17.4 Å². The summed E-state index contributed by atoms with van der Waals surface area (Å²) < 4.78 is 11.1. The molecule has 3 rings (SSSR count). The van der Waals surface area contributed by atoms with Gasteiger partial charge < -0.3 is 20.0 Å². The van der Waals surface area contributed by atoms with Crippen LogP contribution >= 0.6 is 0 Å². The van der Waals surface area contributed by atoms with Gasteiger partial charge in [-0.25, -0.2) is 4.98 Å². The van der Waals surface area contributed by atoms with Gasteiger partial charge in [0.25, 0.3) is 0 Å². The van der Waals surface area contributed by atoms with Crippen LogP contribution < -0.4 is 15.8 Å². The first-order valence-electron chi connectivity index (χ1n) is 11.1. The fourth-order valence-electron chi connectivity index (χ4n) is 4.27. The second kappa shape index (κ2) is 9.97. The zero-order valence-corrected chi connectivity index (χ0v) is 19.4. The maximum absolute atomic E-state index is 12.9. The van der Waals surface area contributed by atoms with Crippen molar-refractivity contribution in [1.29, 1.82) is 0 Å². The number of hydrogen-bond acceptors (Lipinski definition) is 8. The molecule has 1 saturated heterocycles. The molecule has 1 unspecified atom stereocenters. The van der Waals surface area contributed by atoms with E-state index < -0.39 is 30.1 Å². The minimum absolute atomic E-state index is 0.00318. The second-order valence-electron chi connectivity index (χ2n) is 9.08. The molecule has 0 spiro atoms. The molecule has 9 nitrogen and oxygen atoms in total. The Morgan fingerprint density at radius 2 is 2.00 bits per heavy atom. The lowest BCUT2D eigenvalue weighted by Crippen LogP contribution is -2.55. The van der Waals surface area contributed by atoms with Crippen molar-refractivity contribution in [2.75, 3.05) is 13.7 Å². The summed E-state index contributed by atoms with van der Waals surface area (Å²) >= 11 is 0. The van der Waals surface area contributed by atoms with E-state index in [9.17, 15) is 14.7 Å². The molecular weight excluding hydrogens is 412 g/mol. The van der Waals surface area contributed by atoms with Gasteiger partial charge in [0.2, 0.25) is 17.7 Å². The number of nitrogens with zero attached hydrogens (tertiary/aromatic N) is 2.